The maximum atomic E-state index is 11.6. The van der Waals surface area contributed by atoms with Crippen LogP contribution in [0.25, 0.3) is 0 Å². The van der Waals surface area contributed by atoms with E-state index in [-0.39, 0.29) is 5.97 Å². The number of hydrogen-bond acceptors (Lipinski definition) is 6. The third kappa shape index (κ3) is 12.0. The maximum absolute atomic E-state index is 11.6. The van der Waals surface area contributed by atoms with Gasteiger partial charge in [0.2, 0.25) is 0 Å². The van der Waals surface area contributed by atoms with Crippen molar-refractivity contribution in [2.24, 2.45) is 0 Å². The number of ether oxygens (including phenoxy) is 1. The van der Waals surface area contributed by atoms with Gasteiger partial charge >= 0.3 is 14.8 Å². The topological polar surface area (TPSA) is 57.2 Å². The minimum absolute atomic E-state index is 0.0889. The number of unbranched alkanes of at least 4 members (excludes halogenated alkanes) is 1. The van der Waals surface area contributed by atoms with Crippen LogP contribution in [0.5, 0.6) is 0 Å². The van der Waals surface area contributed by atoms with Crippen LogP contribution in [0.2, 0.25) is 25.7 Å². The van der Waals surface area contributed by atoms with Gasteiger partial charge in [-0.15, -0.1) is 0 Å². The van der Waals surface area contributed by atoms with Crippen molar-refractivity contribution in [2.45, 2.75) is 79.1 Å². The summed E-state index contributed by atoms with van der Waals surface area (Å²) in [5.74, 6) is -0.0889. The normalized spacial score (nSPS) is 12.6. The monoisotopic (exact) mass is 421 g/mol. The Morgan fingerprint density at radius 2 is 1.30 bits per heavy atom. The molecule has 162 valence electrons. The molecule has 0 heterocycles. The highest BCUT2D eigenvalue weighted by atomic mass is 28.4. The first kappa shape index (κ1) is 26.7. The summed E-state index contributed by atoms with van der Waals surface area (Å²) in [6, 6.07) is 0.866. The third-order valence-electron chi connectivity index (χ3n) is 4.32. The van der Waals surface area contributed by atoms with Gasteiger partial charge in [-0.05, 0) is 60.0 Å². The molecule has 0 aliphatic rings. The fraction of sp³-hybridized carbons (Fsp3) is 0.947. The molecule has 0 saturated carbocycles. The highest BCUT2D eigenvalue weighted by molar-refractivity contribution is 6.73. The Labute approximate surface area is 169 Å². The summed E-state index contributed by atoms with van der Waals surface area (Å²) in [5.41, 5.74) is 0. The van der Waals surface area contributed by atoms with Crippen LogP contribution in [0.4, 0.5) is 0 Å². The molecular formula is C19H43NO5Si2. The number of hydrogen-bond donors (Lipinski definition) is 0. The van der Waals surface area contributed by atoms with E-state index in [2.05, 4.69) is 24.2 Å². The summed E-state index contributed by atoms with van der Waals surface area (Å²) >= 11 is 0. The number of rotatable bonds is 17. The molecule has 0 unspecified atom stereocenters. The Morgan fingerprint density at radius 3 is 1.74 bits per heavy atom. The van der Waals surface area contributed by atoms with Gasteiger partial charge in [-0.1, -0.05) is 19.6 Å². The lowest BCUT2D eigenvalue weighted by molar-refractivity contribution is -0.143. The van der Waals surface area contributed by atoms with Crippen molar-refractivity contribution in [1.29, 1.82) is 0 Å². The van der Waals surface area contributed by atoms with Gasteiger partial charge in [0, 0.05) is 32.3 Å². The molecule has 27 heavy (non-hydrogen) atoms. The van der Waals surface area contributed by atoms with Crippen LogP contribution < -0.4 is 0 Å². The van der Waals surface area contributed by atoms with Gasteiger partial charge in [0.15, 0.2) is 0 Å². The molecule has 0 atom stereocenters. The van der Waals surface area contributed by atoms with Crippen molar-refractivity contribution in [2.75, 3.05) is 39.5 Å². The van der Waals surface area contributed by atoms with Crippen LogP contribution in [0.15, 0.2) is 0 Å². The predicted octanol–water partition coefficient (Wildman–Crippen LogP) is 4.30. The molecule has 0 bridgehead atoms. The molecule has 0 N–H and O–H groups in total. The highest BCUT2D eigenvalue weighted by Gasteiger charge is 2.39. The molecule has 8 heteroatoms. The van der Waals surface area contributed by atoms with E-state index in [0.29, 0.717) is 32.8 Å². The number of esters is 1. The summed E-state index contributed by atoms with van der Waals surface area (Å²) < 4.78 is 25.4. The molecule has 0 fully saturated rings. The molecule has 0 aliphatic carbocycles. The Balaban J connectivity index is 4.50. The smallest absolute Gasteiger partial charge is 0.466 e. The lowest BCUT2D eigenvalue weighted by atomic mass is 10.3. The van der Waals surface area contributed by atoms with E-state index in [4.69, 9.17) is 18.0 Å². The van der Waals surface area contributed by atoms with Gasteiger partial charge in [-0.25, -0.2) is 0 Å². The first-order valence-corrected chi connectivity index (χ1v) is 15.9. The molecule has 0 rings (SSSR count). The lowest BCUT2D eigenvalue weighted by Crippen LogP contribution is -2.48. The average Bonchev–Trinajstić information content (AvgIpc) is 2.57. The Kier molecular flexibility index (Phi) is 14.6. The predicted molar refractivity (Wildman–Crippen MR) is 115 cm³/mol. The molecule has 0 amide bonds. The fourth-order valence-electron chi connectivity index (χ4n) is 3.08. The second-order valence-electron chi connectivity index (χ2n) is 7.51. The Bertz CT molecular complexity index is 374. The van der Waals surface area contributed by atoms with Crippen molar-refractivity contribution in [3.63, 3.8) is 0 Å². The molecule has 0 spiro atoms. The number of carbonyl (C=O) groups excluding carboxylic acids is 1. The summed E-state index contributed by atoms with van der Waals surface area (Å²) in [6.45, 7) is 19.3. The fourth-order valence-corrected chi connectivity index (χ4v) is 7.42. The van der Waals surface area contributed by atoms with E-state index in [1.807, 2.05) is 27.7 Å². The average molecular weight is 422 g/mol. The first-order valence-electron chi connectivity index (χ1n) is 10.6. The van der Waals surface area contributed by atoms with Gasteiger partial charge in [0.05, 0.1) is 6.61 Å². The molecule has 0 aromatic heterocycles. The zero-order chi connectivity index (χ0) is 20.8. The van der Waals surface area contributed by atoms with Crippen molar-refractivity contribution in [1.82, 2.24) is 4.57 Å². The zero-order valence-electron chi connectivity index (χ0n) is 18.8. The molecule has 6 nitrogen and oxygen atoms in total. The largest absolute Gasteiger partial charge is 0.500 e. The maximum Gasteiger partial charge on any atom is 0.500 e. The lowest BCUT2D eigenvalue weighted by Gasteiger charge is -2.34. The van der Waals surface area contributed by atoms with Gasteiger partial charge in [0.25, 0.3) is 0 Å². The van der Waals surface area contributed by atoms with E-state index in [9.17, 15) is 4.79 Å². The van der Waals surface area contributed by atoms with Crippen molar-refractivity contribution in [3.8, 4) is 0 Å². The quantitative estimate of drug-likeness (QED) is 0.198. The summed E-state index contributed by atoms with van der Waals surface area (Å²) in [4.78, 5) is 11.6. The highest BCUT2D eigenvalue weighted by Crippen LogP contribution is 2.20. The first-order chi connectivity index (χ1) is 12.7. The van der Waals surface area contributed by atoms with Crippen molar-refractivity contribution >= 4 is 23.0 Å². The van der Waals surface area contributed by atoms with Crippen molar-refractivity contribution in [3.05, 3.63) is 0 Å². The van der Waals surface area contributed by atoms with E-state index in [1.54, 1.807) is 0 Å². The van der Waals surface area contributed by atoms with Gasteiger partial charge < -0.3 is 22.6 Å². The minimum atomic E-state index is -2.53. The summed E-state index contributed by atoms with van der Waals surface area (Å²) in [7, 11) is -3.95. The van der Waals surface area contributed by atoms with Crippen LogP contribution in [0.1, 0.15) is 53.4 Å². The van der Waals surface area contributed by atoms with Crippen LogP contribution >= 0.6 is 0 Å². The van der Waals surface area contributed by atoms with E-state index in [1.165, 1.54) is 0 Å². The zero-order valence-corrected chi connectivity index (χ0v) is 20.8. The Morgan fingerprint density at radius 1 is 0.778 bits per heavy atom. The minimum Gasteiger partial charge on any atom is -0.466 e. The second-order valence-corrected chi connectivity index (χ2v) is 15.2. The van der Waals surface area contributed by atoms with Crippen LogP contribution in [-0.4, -0.2) is 67.1 Å². The molecule has 0 aliphatic heterocycles. The molecule has 0 aromatic rings. The third-order valence-corrected chi connectivity index (χ3v) is 9.81. The van der Waals surface area contributed by atoms with Crippen LogP contribution in [-0.2, 0) is 22.8 Å². The molecule has 0 radical (unpaired) electrons. The molecule has 0 saturated heterocycles. The number of nitrogens with zero attached hydrogens (tertiary/aromatic N) is 1. The summed E-state index contributed by atoms with van der Waals surface area (Å²) in [5, 5.41) is 0. The number of carbonyl (C=O) groups is 1. The van der Waals surface area contributed by atoms with Crippen LogP contribution in [0, 0.1) is 0 Å². The molecular weight excluding hydrogens is 378 g/mol. The van der Waals surface area contributed by atoms with Gasteiger partial charge in [-0.3, -0.25) is 4.79 Å². The Hall–Kier alpha value is -0.256. The SMILES string of the molecule is CCOC(=O)CCCN(CCCC[Si](OCC)(OCC)OCC)[Si](C)(C)C. The van der Waals surface area contributed by atoms with Crippen LogP contribution in [0.3, 0.4) is 0 Å². The van der Waals surface area contributed by atoms with Gasteiger partial charge in [0.1, 0.15) is 8.24 Å². The van der Waals surface area contributed by atoms with E-state index < -0.39 is 17.0 Å². The molecule has 0 aromatic carbocycles. The van der Waals surface area contributed by atoms with E-state index in [0.717, 1.165) is 38.4 Å². The van der Waals surface area contributed by atoms with E-state index >= 15 is 0 Å². The summed E-state index contributed by atoms with van der Waals surface area (Å²) in [6.07, 6.45) is 3.49. The van der Waals surface area contributed by atoms with Crippen molar-refractivity contribution < 1.29 is 22.8 Å². The standard InChI is InChI=1S/C19H43NO5Si2/c1-8-22-19(21)15-14-17-20(26(5,6)7)16-12-13-18-27(23-9-2,24-10-3)25-11-4/h8-18H2,1-7H3. The second kappa shape index (κ2) is 14.7. The van der Waals surface area contributed by atoms with Gasteiger partial charge in [-0.2, -0.15) is 0 Å².